The fourth-order valence-corrected chi connectivity index (χ4v) is 2.21. The van der Waals surface area contributed by atoms with Crippen LogP contribution in [-0.4, -0.2) is 43.1 Å². The number of carbonyl (C=O) groups is 2. The Labute approximate surface area is 129 Å². The molecule has 0 saturated carbocycles. The molecule has 3 N–H and O–H groups in total. The summed E-state index contributed by atoms with van der Waals surface area (Å²) >= 11 is 0. The van der Waals surface area contributed by atoms with Gasteiger partial charge in [-0.15, -0.1) is 6.42 Å². The highest BCUT2D eigenvalue weighted by atomic mass is 16.2. The first-order valence-corrected chi connectivity index (χ1v) is 7.15. The van der Waals surface area contributed by atoms with Crippen LogP contribution in [0.2, 0.25) is 0 Å². The highest BCUT2D eigenvalue weighted by molar-refractivity contribution is 5.94. The number of terminal acetylenes is 1. The van der Waals surface area contributed by atoms with Crippen molar-refractivity contribution in [3.63, 3.8) is 0 Å². The molecule has 1 aliphatic heterocycles. The largest absolute Gasteiger partial charge is 0.355 e. The first-order valence-electron chi connectivity index (χ1n) is 7.15. The maximum absolute atomic E-state index is 11.9. The fraction of sp³-hybridized carbons (Fsp3) is 0.400. The molecule has 1 aromatic heterocycles. The number of carbonyl (C=O) groups excluding carboxylic acids is 2. The average Bonchev–Trinajstić information content (AvgIpc) is 3.05. The third kappa shape index (κ3) is 4.38. The number of pyridine rings is 1. The number of anilines is 2. The number of rotatable bonds is 5. The number of nitrogens with one attached hydrogen (secondary N) is 3. The van der Waals surface area contributed by atoms with Crippen molar-refractivity contribution in [3.05, 3.63) is 18.3 Å². The van der Waals surface area contributed by atoms with Crippen molar-refractivity contribution in [2.24, 2.45) is 0 Å². The molecule has 7 heteroatoms. The zero-order valence-corrected chi connectivity index (χ0v) is 12.3. The standard InChI is InChI=1S/C15H19N5O2/c1-2-7-16-13(21)11-18-15(22)19-12-6-5-8-17-14(12)20-9-3-4-10-20/h1,5-6,8H,3-4,7,9-11H2,(H,16,21)(H2,18,19,22). The Morgan fingerprint density at radius 3 is 2.82 bits per heavy atom. The molecular weight excluding hydrogens is 282 g/mol. The summed E-state index contributed by atoms with van der Waals surface area (Å²) in [5, 5.41) is 7.67. The van der Waals surface area contributed by atoms with Crippen LogP contribution in [0.15, 0.2) is 18.3 Å². The van der Waals surface area contributed by atoms with E-state index in [0.717, 1.165) is 31.7 Å². The second-order valence-corrected chi connectivity index (χ2v) is 4.86. The van der Waals surface area contributed by atoms with Crippen molar-refractivity contribution >= 4 is 23.4 Å². The maximum Gasteiger partial charge on any atom is 0.319 e. The molecular formula is C15H19N5O2. The number of hydrogen-bond donors (Lipinski definition) is 3. The smallest absolute Gasteiger partial charge is 0.319 e. The van der Waals surface area contributed by atoms with Gasteiger partial charge in [-0.1, -0.05) is 5.92 Å². The van der Waals surface area contributed by atoms with Gasteiger partial charge in [-0.3, -0.25) is 4.79 Å². The van der Waals surface area contributed by atoms with Gasteiger partial charge in [0.1, 0.15) is 0 Å². The van der Waals surface area contributed by atoms with Gasteiger partial charge in [-0.2, -0.15) is 0 Å². The number of amides is 3. The molecule has 1 aliphatic rings. The highest BCUT2D eigenvalue weighted by Gasteiger charge is 2.17. The van der Waals surface area contributed by atoms with Crippen molar-refractivity contribution in [3.8, 4) is 12.3 Å². The van der Waals surface area contributed by atoms with E-state index >= 15 is 0 Å². The zero-order valence-electron chi connectivity index (χ0n) is 12.3. The first-order chi connectivity index (χ1) is 10.7. The van der Waals surface area contributed by atoms with Gasteiger partial charge >= 0.3 is 6.03 Å². The van der Waals surface area contributed by atoms with Crippen molar-refractivity contribution in [1.29, 1.82) is 0 Å². The Hall–Kier alpha value is -2.75. The summed E-state index contributed by atoms with van der Waals surface area (Å²) in [6.07, 6.45) is 8.98. The minimum atomic E-state index is -0.454. The van der Waals surface area contributed by atoms with E-state index in [-0.39, 0.29) is 19.0 Å². The maximum atomic E-state index is 11.9. The van der Waals surface area contributed by atoms with Crippen molar-refractivity contribution in [2.45, 2.75) is 12.8 Å². The van der Waals surface area contributed by atoms with Crippen LogP contribution in [0, 0.1) is 12.3 Å². The predicted octanol–water partition coefficient (Wildman–Crippen LogP) is 0.553. The summed E-state index contributed by atoms with van der Waals surface area (Å²) in [5.74, 6) is 2.71. The van der Waals surface area contributed by atoms with E-state index in [2.05, 4.69) is 31.8 Å². The van der Waals surface area contributed by atoms with Crippen LogP contribution < -0.4 is 20.9 Å². The van der Waals surface area contributed by atoms with Gasteiger partial charge in [0, 0.05) is 19.3 Å². The second-order valence-electron chi connectivity index (χ2n) is 4.86. The SMILES string of the molecule is C#CCNC(=O)CNC(=O)Nc1cccnc1N1CCCC1. The molecule has 0 radical (unpaired) electrons. The van der Waals surface area contributed by atoms with Crippen molar-refractivity contribution in [1.82, 2.24) is 15.6 Å². The minimum Gasteiger partial charge on any atom is -0.355 e. The molecule has 1 saturated heterocycles. The third-order valence-corrected chi connectivity index (χ3v) is 3.24. The van der Waals surface area contributed by atoms with Crippen LogP contribution in [0.4, 0.5) is 16.3 Å². The molecule has 0 aromatic carbocycles. The molecule has 22 heavy (non-hydrogen) atoms. The van der Waals surface area contributed by atoms with E-state index in [1.165, 1.54) is 0 Å². The van der Waals surface area contributed by atoms with E-state index in [9.17, 15) is 9.59 Å². The van der Waals surface area contributed by atoms with Gasteiger partial charge in [0.05, 0.1) is 18.8 Å². The highest BCUT2D eigenvalue weighted by Crippen LogP contribution is 2.25. The molecule has 7 nitrogen and oxygen atoms in total. The van der Waals surface area contributed by atoms with Gasteiger partial charge in [0.25, 0.3) is 0 Å². The molecule has 3 amide bonds. The Balaban J connectivity index is 1.89. The van der Waals surface area contributed by atoms with Crippen LogP contribution in [-0.2, 0) is 4.79 Å². The molecule has 1 aromatic rings. The topological polar surface area (TPSA) is 86.4 Å². The quantitative estimate of drug-likeness (QED) is 0.693. The molecule has 0 unspecified atom stereocenters. The molecule has 0 bridgehead atoms. The molecule has 116 valence electrons. The molecule has 2 heterocycles. The molecule has 1 fully saturated rings. The summed E-state index contributed by atoms with van der Waals surface area (Å²) in [6, 6.07) is 3.09. The fourth-order valence-electron chi connectivity index (χ4n) is 2.21. The zero-order chi connectivity index (χ0) is 15.8. The lowest BCUT2D eigenvalue weighted by molar-refractivity contribution is -0.119. The summed E-state index contributed by atoms with van der Waals surface area (Å²) < 4.78 is 0. The molecule has 0 atom stereocenters. The van der Waals surface area contributed by atoms with Crippen molar-refractivity contribution in [2.75, 3.05) is 36.4 Å². The Bertz CT molecular complexity index is 576. The van der Waals surface area contributed by atoms with Crippen LogP contribution in [0.1, 0.15) is 12.8 Å². The lowest BCUT2D eigenvalue weighted by Crippen LogP contribution is -2.39. The number of aromatic nitrogens is 1. The minimum absolute atomic E-state index is 0.132. The van der Waals surface area contributed by atoms with Gasteiger partial charge in [0.15, 0.2) is 5.82 Å². The number of hydrogen-bond acceptors (Lipinski definition) is 4. The first kappa shape index (κ1) is 15.6. The van der Waals surface area contributed by atoms with Gasteiger partial charge < -0.3 is 20.9 Å². The number of nitrogens with zero attached hydrogens (tertiary/aromatic N) is 2. The lowest BCUT2D eigenvalue weighted by Gasteiger charge is -2.20. The predicted molar refractivity (Wildman–Crippen MR) is 84.5 cm³/mol. The normalized spacial score (nSPS) is 13.3. The van der Waals surface area contributed by atoms with E-state index in [1.54, 1.807) is 18.3 Å². The van der Waals surface area contributed by atoms with E-state index in [1.807, 2.05) is 0 Å². The summed E-state index contributed by atoms with van der Waals surface area (Å²) in [5.41, 5.74) is 0.630. The van der Waals surface area contributed by atoms with E-state index in [0.29, 0.717) is 5.69 Å². The van der Waals surface area contributed by atoms with Crippen LogP contribution in [0.25, 0.3) is 0 Å². The van der Waals surface area contributed by atoms with Crippen molar-refractivity contribution < 1.29 is 9.59 Å². The van der Waals surface area contributed by atoms with Crippen LogP contribution >= 0.6 is 0 Å². The van der Waals surface area contributed by atoms with E-state index < -0.39 is 6.03 Å². The Kier molecular flexibility index (Phi) is 5.60. The molecule has 0 aliphatic carbocycles. The van der Waals surface area contributed by atoms with Gasteiger partial charge in [-0.05, 0) is 25.0 Å². The second kappa shape index (κ2) is 7.88. The molecule has 0 spiro atoms. The average molecular weight is 301 g/mol. The Morgan fingerprint density at radius 1 is 1.32 bits per heavy atom. The molecule has 2 rings (SSSR count). The van der Waals surface area contributed by atoms with Gasteiger partial charge in [-0.25, -0.2) is 9.78 Å². The van der Waals surface area contributed by atoms with Crippen LogP contribution in [0.5, 0.6) is 0 Å². The summed E-state index contributed by atoms with van der Waals surface area (Å²) in [7, 11) is 0. The number of urea groups is 1. The summed E-state index contributed by atoms with van der Waals surface area (Å²) in [6.45, 7) is 1.88. The lowest BCUT2D eigenvalue weighted by atomic mass is 10.3. The monoisotopic (exact) mass is 301 g/mol. The van der Waals surface area contributed by atoms with Gasteiger partial charge in [0.2, 0.25) is 5.91 Å². The summed E-state index contributed by atoms with van der Waals surface area (Å²) in [4.78, 5) is 29.7. The van der Waals surface area contributed by atoms with Crippen LogP contribution in [0.3, 0.4) is 0 Å². The Morgan fingerprint density at radius 2 is 2.09 bits per heavy atom. The van der Waals surface area contributed by atoms with E-state index in [4.69, 9.17) is 6.42 Å². The third-order valence-electron chi connectivity index (χ3n) is 3.24.